The van der Waals surface area contributed by atoms with Crippen LogP contribution in [0.3, 0.4) is 0 Å². The highest BCUT2D eigenvalue weighted by atomic mass is 16.2. The van der Waals surface area contributed by atoms with Crippen LogP contribution in [0.4, 0.5) is 5.82 Å². The SMILES string of the molecule is Cc1cc(C)c(CNC(=O)c2cc(NC(C)C)nc(-c3ccc(C=O)cc3)c2)c(=O)[nH]1. The third-order valence-corrected chi connectivity index (χ3v) is 4.79. The minimum absolute atomic E-state index is 0.124. The Balaban J connectivity index is 1.90. The molecule has 1 aromatic carbocycles. The molecule has 0 bridgehead atoms. The van der Waals surface area contributed by atoms with Crippen molar-refractivity contribution in [2.45, 2.75) is 40.3 Å². The van der Waals surface area contributed by atoms with Crippen molar-refractivity contribution in [2.75, 3.05) is 5.32 Å². The molecule has 0 fully saturated rings. The summed E-state index contributed by atoms with van der Waals surface area (Å²) in [6.45, 7) is 7.76. The summed E-state index contributed by atoms with van der Waals surface area (Å²) in [4.78, 5) is 43.4. The van der Waals surface area contributed by atoms with Gasteiger partial charge in [-0.15, -0.1) is 0 Å². The van der Waals surface area contributed by atoms with E-state index in [9.17, 15) is 14.4 Å². The molecule has 0 radical (unpaired) electrons. The molecule has 0 saturated heterocycles. The molecule has 2 aromatic heterocycles. The standard InChI is InChI=1S/C24H26N4O3/c1-14(2)26-22-11-19(10-21(28-22)18-7-5-17(13-29)6-8-18)23(30)25-12-20-15(3)9-16(4)27-24(20)31/h5-11,13-14H,12H2,1-4H3,(H,25,30)(H,26,28)(H,27,31). The minimum atomic E-state index is -0.306. The van der Waals surface area contributed by atoms with Crippen molar-refractivity contribution in [2.24, 2.45) is 0 Å². The summed E-state index contributed by atoms with van der Waals surface area (Å²) in [5.41, 5.74) is 4.32. The van der Waals surface area contributed by atoms with Gasteiger partial charge < -0.3 is 15.6 Å². The zero-order valence-corrected chi connectivity index (χ0v) is 18.1. The number of amides is 1. The Morgan fingerprint density at radius 2 is 1.84 bits per heavy atom. The van der Waals surface area contributed by atoms with Crippen LogP contribution in [0, 0.1) is 13.8 Å². The van der Waals surface area contributed by atoms with Crippen LogP contribution in [0.1, 0.15) is 51.4 Å². The average molecular weight is 418 g/mol. The molecule has 160 valence electrons. The van der Waals surface area contributed by atoms with E-state index in [1.807, 2.05) is 33.8 Å². The Bertz CT molecular complexity index is 1160. The Morgan fingerprint density at radius 3 is 2.45 bits per heavy atom. The largest absolute Gasteiger partial charge is 0.368 e. The van der Waals surface area contributed by atoms with Crippen molar-refractivity contribution >= 4 is 18.0 Å². The van der Waals surface area contributed by atoms with Gasteiger partial charge in [0.15, 0.2) is 0 Å². The van der Waals surface area contributed by atoms with E-state index in [2.05, 4.69) is 20.6 Å². The number of nitrogens with zero attached hydrogens (tertiary/aromatic N) is 1. The van der Waals surface area contributed by atoms with Crippen LogP contribution in [-0.4, -0.2) is 28.2 Å². The van der Waals surface area contributed by atoms with E-state index in [-0.39, 0.29) is 24.1 Å². The maximum Gasteiger partial charge on any atom is 0.253 e. The fourth-order valence-electron chi connectivity index (χ4n) is 3.28. The predicted octanol–water partition coefficient (Wildman–Crippen LogP) is 3.62. The van der Waals surface area contributed by atoms with Crippen molar-refractivity contribution in [1.29, 1.82) is 0 Å². The fraction of sp³-hybridized carbons (Fsp3) is 0.250. The molecule has 2 heterocycles. The summed E-state index contributed by atoms with van der Waals surface area (Å²) in [7, 11) is 0. The molecule has 3 aromatic rings. The predicted molar refractivity (Wildman–Crippen MR) is 122 cm³/mol. The molecule has 0 aliphatic heterocycles. The molecule has 0 saturated carbocycles. The molecule has 0 spiro atoms. The molecule has 3 N–H and O–H groups in total. The molecule has 1 amide bonds. The maximum absolute atomic E-state index is 12.9. The first-order valence-electron chi connectivity index (χ1n) is 10.1. The maximum atomic E-state index is 12.9. The number of aldehydes is 1. The lowest BCUT2D eigenvalue weighted by Crippen LogP contribution is -2.28. The first-order chi connectivity index (χ1) is 14.8. The highest BCUT2D eigenvalue weighted by Crippen LogP contribution is 2.22. The molecule has 0 aliphatic rings. The first-order valence-corrected chi connectivity index (χ1v) is 10.1. The van der Waals surface area contributed by atoms with Gasteiger partial charge in [-0.25, -0.2) is 4.98 Å². The number of aryl methyl sites for hydroxylation is 2. The zero-order valence-electron chi connectivity index (χ0n) is 18.1. The van der Waals surface area contributed by atoms with E-state index >= 15 is 0 Å². The summed E-state index contributed by atoms with van der Waals surface area (Å²) in [5.74, 6) is 0.265. The van der Waals surface area contributed by atoms with Crippen molar-refractivity contribution in [3.63, 3.8) is 0 Å². The van der Waals surface area contributed by atoms with Crippen LogP contribution in [-0.2, 0) is 6.54 Å². The van der Waals surface area contributed by atoms with Gasteiger partial charge in [-0.1, -0.05) is 24.3 Å². The number of anilines is 1. The molecule has 3 rings (SSSR count). The van der Waals surface area contributed by atoms with Crippen LogP contribution in [0.2, 0.25) is 0 Å². The quantitative estimate of drug-likeness (QED) is 0.509. The fourth-order valence-corrected chi connectivity index (χ4v) is 3.28. The molecular weight excluding hydrogens is 392 g/mol. The molecule has 7 heteroatoms. The highest BCUT2D eigenvalue weighted by molar-refractivity contribution is 5.96. The van der Waals surface area contributed by atoms with Gasteiger partial charge >= 0.3 is 0 Å². The lowest BCUT2D eigenvalue weighted by atomic mass is 10.1. The van der Waals surface area contributed by atoms with E-state index in [1.165, 1.54) is 0 Å². The lowest BCUT2D eigenvalue weighted by molar-refractivity contribution is 0.0950. The Morgan fingerprint density at radius 1 is 1.13 bits per heavy atom. The van der Waals surface area contributed by atoms with Gasteiger partial charge in [0, 0.05) is 40.5 Å². The number of carbonyl (C=O) groups is 2. The summed E-state index contributed by atoms with van der Waals surface area (Å²) in [5, 5.41) is 6.06. The van der Waals surface area contributed by atoms with Crippen LogP contribution >= 0.6 is 0 Å². The number of hydrogen-bond acceptors (Lipinski definition) is 5. The van der Waals surface area contributed by atoms with Crippen molar-refractivity contribution < 1.29 is 9.59 Å². The molecular formula is C24H26N4O3. The summed E-state index contributed by atoms with van der Waals surface area (Å²) in [6.07, 6.45) is 0.779. The number of H-pyrrole nitrogens is 1. The number of aromatic nitrogens is 2. The number of carbonyl (C=O) groups excluding carboxylic acids is 2. The zero-order chi connectivity index (χ0) is 22.5. The first kappa shape index (κ1) is 22.0. The topological polar surface area (TPSA) is 104 Å². The second-order valence-corrected chi connectivity index (χ2v) is 7.79. The van der Waals surface area contributed by atoms with Gasteiger partial charge in [0.05, 0.1) is 5.69 Å². The second kappa shape index (κ2) is 9.38. The molecule has 0 aliphatic carbocycles. The van der Waals surface area contributed by atoms with Crippen LogP contribution in [0.15, 0.2) is 47.3 Å². The third-order valence-electron chi connectivity index (χ3n) is 4.79. The van der Waals surface area contributed by atoms with Crippen molar-refractivity contribution in [1.82, 2.24) is 15.3 Å². The van der Waals surface area contributed by atoms with E-state index in [1.54, 1.807) is 36.4 Å². The van der Waals surface area contributed by atoms with E-state index in [4.69, 9.17) is 0 Å². The molecule has 31 heavy (non-hydrogen) atoms. The molecule has 0 atom stereocenters. The number of nitrogens with one attached hydrogen (secondary N) is 3. The highest BCUT2D eigenvalue weighted by Gasteiger charge is 2.14. The summed E-state index contributed by atoms with van der Waals surface area (Å²) in [6, 6.07) is 12.4. The van der Waals surface area contributed by atoms with Gasteiger partial charge in [-0.3, -0.25) is 14.4 Å². The summed E-state index contributed by atoms with van der Waals surface area (Å²) < 4.78 is 0. The Labute approximate surface area is 180 Å². The lowest BCUT2D eigenvalue weighted by Gasteiger charge is -2.14. The number of hydrogen-bond donors (Lipinski definition) is 3. The second-order valence-electron chi connectivity index (χ2n) is 7.79. The monoisotopic (exact) mass is 418 g/mol. The summed E-state index contributed by atoms with van der Waals surface area (Å²) >= 11 is 0. The van der Waals surface area contributed by atoms with Crippen molar-refractivity contribution in [3.8, 4) is 11.3 Å². The van der Waals surface area contributed by atoms with Gasteiger partial charge in [0.2, 0.25) is 0 Å². The molecule has 7 nitrogen and oxygen atoms in total. The van der Waals surface area contributed by atoms with Gasteiger partial charge in [-0.2, -0.15) is 0 Å². The smallest absolute Gasteiger partial charge is 0.253 e. The third kappa shape index (κ3) is 5.45. The Hall–Kier alpha value is -3.74. The van der Waals surface area contributed by atoms with Crippen LogP contribution in [0.25, 0.3) is 11.3 Å². The number of benzene rings is 1. The van der Waals surface area contributed by atoms with E-state index in [0.29, 0.717) is 28.2 Å². The molecule has 0 unspecified atom stereocenters. The normalized spacial score (nSPS) is 10.7. The number of aromatic amines is 1. The van der Waals surface area contributed by atoms with Gasteiger partial charge in [-0.05, 0) is 51.5 Å². The van der Waals surface area contributed by atoms with Gasteiger partial charge in [0.1, 0.15) is 12.1 Å². The van der Waals surface area contributed by atoms with Gasteiger partial charge in [0.25, 0.3) is 11.5 Å². The number of pyridine rings is 2. The van der Waals surface area contributed by atoms with Crippen LogP contribution in [0.5, 0.6) is 0 Å². The van der Waals surface area contributed by atoms with Crippen LogP contribution < -0.4 is 16.2 Å². The van der Waals surface area contributed by atoms with E-state index in [0.717, 1.165) is 23.1 Å². The van der Waals surface area contributed by atoms with Crippen molar-refractivity contribution in [3.05, 3.63) is 80.8 Å². The minimum Gasteiger partial charge on any atom is -0.368 e. The average Bonchev–Trinajstić information content (AvgIpc) is 2.72. The number of rotatable bonds is 7. The Kier molecular flexibility index (Phi) is 6.65. The van der Waals surface area contributed by atoms with E-state index < -0.39 is 0 Å².